The van der Waals surface area contributed by atoms with E-state index >= 15 is 0 Å². The standard InChI is InChI=1S/C24H28N4O4/c1-30-17-22-26-27-24(32-22)20-10-5-9-19(13-20)23(29)25-14-21-16-28(11-6-12-31-21)15-18-7-3-2-4-8-18/h2-5,7-10,13,21H,6,11-12,14-17H2,1H3,(H,25,29). The van der Waals surface area contributed by atoms with E-state index in [4.69, 9.17) is 13.9 Å². The third-order valence-electron chi connectivity index (χ3n) is 5.28. The molecular formula is C24H28N4O4. The molecule has 1 fully saturated rings. The number of nitrogens with one attached hydrogen (secondary N) is 1. The first-order chi connectivity index (χ1) is 15.7. The van der Waals surface area contributed by atoms with Crippen molar-refractivity contribution in [3.8, 4) is 11.5 Å². The molecule has 32 heavy (non-hydrogen) atoms. The van der Waals surface area contributed by atoms with Crippen molar-refractivity contribution < 1.29 is 18.7 Å². The van der Waals surface area contributed by atoms with Crippen LogP contribution >= 0.6 is 0 Å². The molecule has 3 aromatic rings. The van der Waals surface area contributed by atoms with Crippen molar-refractivity contribution >= 4 is 5.91 Å². The van der Waals surface area contributed by atoms with Crippen molar-refractivity contribution in [3.63, 3.8) is 0 Å². The molecule has 1 aliphatic rings. The molecule has 0 bridgehead atoms. The van der Waals surface area contributed by atoms with Crippen molar-refractivity contribution in [1.29, 1.82) is 0 Å². The van der Waals surface area contributed by atoms with E-state index in [2.05, 4.69) is 44.7 Å². The predicted molar refractivity (Wildman–Crippen MR) is 119 cm³/mol. The molecule has 1 N–H and O–H groups in total. The highest BCUT2D eigenvalue weighted by Gasteiger charge is 2.20. The maximum Gasteiger partial charge on any atom is 0.251 e. The second kappa shape index (κ2) is 11.0. The Kier molecular flexibility index (Phi) is 7.60. The summed E-state index contributed by atoms with van der Waals surface area (Å²) in [4.78, 5) is 15.2. The lowest BCUT2D eigenvalue weighted by Crippen LogP contribution is -2.40. The van der Waals surface area contributed by atoms with Crippen molar-refractivity contribution in [2.24, 2.45) is 0 Å². The van der Waals surface area contributed by atoms with Crippen LogP contribution in [0.2, 0.25) is 0 Å². The van der Waals surface area contributed by atoms with Crippen LogP contribution in [-0.4, -0.2) is 60.5 Å². The topological polar surface area (TPSA) is 89.7 Å². The molecule has 1 saturated heterocycles. The Morgan fingerprint density at radius 3 is 2.91 bits per heavy atom. The zero-order valence-electron chi connectivity index (χ0n) is 18.2. The van der Waals surface area contributed by atoms with Gasteiger partial charge < -0.3 is 19.2 Å². The number of amides is 1. The van der Waals surface area contributed by atoms with E-state index in [9.17, 15) is 4.79 Å². The van der Waals surface area contributed by atoms with Crippen LogP contribution in [0.5, 0.6) is 0 Å². The summed E-state index contributed by atoms with van der Waals surface area (Å²) in [5.74, 6) is 0.587. The maximum absolute atomic E-state index is 12.8. The summed E-state index contributed by atoms with van der Waals surface area (Å²) in [5.41, 5.74) is 2.50. The minimum atomic E-state index is -0.161. The van der Waals surface area contributed by atoms with E-state index in [0.29, 0.717) is 36.1 Å². The molecule has 2 heterocycles. The number of carbonyl (C=O) groups excluding carboxylic acids is 1. The molecule has 168 valence electrons. The third-order valence-corrected chi connectivity index (χ3v) is 5.28. The number of aromatic nitrogens is 2. The van der Waals surface area contributed by atoms with Gasteiger partial charge in [-0.15, -0.1) is 10.2 Å². The van der Waals surface area contributed by atoms with E-state index in [1.54, 1.807) is 25.3 Å². The Labute approximate surface area is 187 Å². The van der Waals surface area contributed by atoms with Gasteiger partial charge in [0.15, 0.2) is 0 Å². The monoisotopic (exact) mass is 436 g/mol. The number of nitrogens with zero attached hydrogens (tertiary/aromatic N) is 3. The van der Waals surface area contributed by atoms with Gasteiger partial charge in [-0.05, 0) is 30.2 Å². The minimum Gasteiger partial charge on any atom is -0.418 e. The fourth-order valence-electron chi connectivity index (χ4n) is 3.73. The van der Waals surface area contributed by atoms with Crippen molar-refractivity contribution in [2.45, 2.75) is 25.7 Å². The van der Waals surface area contributed by atoms with Gasteiger partial charge in [-0.25, -0.2) is 0 Å². The second-order valence-corrected chi connectivity index (χ2v) is 7.79. The zero-order valence-corrected chi connectivity index (χ0v) is 18.2. The number of benzene rings is 2. The summed E-state index contributed by atoms with van der Waals surface area (Å²) < 4.78 is 16.5. The molecule has 0 spiro atoms. The lowest BCUT2D eigenvalue weighted by Gasteiger charge is -2.24. The first-order valence-corrected chi connectivity index (χ1v) is 10.8. The van der Waals surface area contributed by atoms with Crippen LogP contribution in [0.25, 0.3) is 11.5 Å². The molecule has 4 rings (SSSR count). The minimum absolute atomic E-state index is 0.0547. The molecular weight excluding hydrogens is 408 g/mol. The summed E-state index contributed by atoms with van der Waals surface area (Å²) in [7, 11) is 1.56. The number of hydrogen-bond acceptors (Lipinski definition) is 7. The second-order valence-electron chi connectivity index (χ2n) is 7.79. The zero-order chi connectivity index (χ0) is 22.2. The van der Waals surface area contributed by atoms with Crippen LogP contribution in [0.1, 0.15) is 28.2 Å². The highest BCUT2D eigenvalue weighted by atomic mass is 16.5. The Morgan fingerprint density at radius 2 is 2.06 bits per heavy atom. The number of rotatable bonds is 8. The summed E-state index contributed by atoms with van der Waals surface area (Å²) in [5, 5.41) is 11.0. The largest absolute Gasteiger partial charge is 0.418 e. The van der Waals surface area contributed by atoms with Gasteiger partial charge >= 0.3 is 0 Å². The summed E-state index contributed by atoms with van der Waals surface area (Å²) in [6.07, 6.45) is 0.926. The van der Waals surface area contributed by atoms with Crippen LogP contribution in [0, 0.1) is 0 Å². The number of carbonyl (C=O) groups is 1. The molecule has 1 aromatic heterocycles. The normalized spacial score (nSPS) is 17.1. The molecule has 8 nitrogen and oxygen atoms in total. The Hall–Kier alpha value is -3.07. The molecule has 2 aromatic carbocycles. The fourth-order valence-corrected chi connectivity index (χ4v) is 3.73. The van der Waals surface area contributed by atoms with Crippen LogP contribution in [0.4, 0.5) is 0 Å². The lowest BCUT2D eigenvalue weighted by molar-refractivity contribution is 0.0510. The highest BCUT2D eigenvalue weighted by molar-refractivity contribution is 5.95. The molecule has 1 unspecified atom stereocenters. The number of methoxy groups -OCH3 is 1. The lowest BCUT2D eigenvalue weighted by atomic mass is 10.1. The Morgan fingerprint density at radius 1 is 1.19 bits per heavy atom. The van der Waals surface area contributed by atoms with Crippen LogP contribution < -0.4 is 5.32 Å². The quantitative estimate of drug-likeness (QED) is 0.581. The molecule has 0 aliphatic carbocycles. The first kappa shape index (κ1) is 22.1. The summed E-state index contributed by atoms with van der Waals surface area (Å²) >= 11 is 0. The average molecular weight is 437 g/mol. The van der Waals surface area contributed by atoms with Gasteiger partial charge in [0.25, 0.3) is 5.91 Å². The molecule has 1 amide bonds. The van der Waals surface area contributed by atoms with Crippen molar-refractivity contribution in [2.75, 3.05) is 33.4 Å². The Bertz CT molecular complexity index is 1010. The first-order valence-electron chi connectivity index (χ1n) is 10.8. The van der Waals surface area contributed by atoms with Crippen molar-refractivity contribution in [1.82, 2.24) is 20.4 Å². The summed E-state index contributed by atoms with van der Waals surface area (Å²) in [6.45, 7) is 4.03. The van der Waals surface area contributed by atoms with Crippen molar-refractivity contribution in [3.05, 3.63) is 71.6 Å². The average Bonchev–Trinajstić information content (AvgIpc) is 3.18. The van der Waals surface area contributed by atoms with E-state index in [-0.39, 0.29) is 18.6 Å². The third kappa shape index (κ3) is 6.00. The highest BCUT2D eigenvalue weighted by Crippen LogP contribution is 2.19. The molecule has 0 saturated carbocycles. The molecule has 1 atom stereocenters. The summed E-state index contributed by atoms with van der Waals surface area (Å²) in [6, 6.07) is 17.6. The molecule has 1 aliphatic heterocycles. The van der Waals surface area contributed by atoms with E-state index in [1.807, 2.05) is 12.1 Å². The van der Waals surface area contributed by atoms with Crippen LogP contribution in [-0.2, 0) is 22.6 Å². The van der Waals surface area contributed by atoms with Gasteiger partial charge in [-0.1, -0.05) is 36.4 Å². The smallest absolute Gasteiger partial charge is 0.251 e. The van der Waals surface area contributed by atoms with E-state index in [1.165, 1.54) is 5.56 Å². The van der Waals surface area contributed by atoms with E-state index < -0.39 is 0 Å². The van der Waals surface area contributed by atoms with Crippen LogP contribution in [0.15, 0.2) is 59.0 Å². The van der Waals surface area contributed by atoms with Gasteiger partial charge in [0.1, 0.15) is 6.61 Å². The fraction of sp³-hybridized carbons (Fsp3) is 0.375. The van der Waals surface area contributed by atoms with Gasteiger partial charge in [-0.2, -0.15) is 0 Å². The number of hydrogen-bond donors (Lipinski definition) is 1. The van der Waals surface area contributed by atoms with Gasteiger partial charge in [0.2, 0.25) is 11.8 Å². The molecule has 8 heteroatoms. The van der Waals surface area contributed by atoms with Crippen LogP contribution in [0.3, 0.4) is 0 Å². The van der Waals surface area contributed by atoms with Gasteiger partial charge in [-0.3, -0.25) is 9.69 Å². The number of ether oxygens (including phenoxy) is 2. The Balaban J connectivity index is 1.34. The molecule has 0 radical (unpaired) electrons. The van der Waals surface area contributed by atoms with Gasteiger partial charge in [0, 0.05) is 51.0 Å². The predicted octanol–water partition coefficient (Wildman–Crippen LogP) is 2.90. The van der Waals surface area contributed by atoms with Gasteiger partial charge in [0.05, 0.1) is 6.10 Å². The SMILES string of the molecule is COCc1nnc(-c2cccc(C(=O)NCC3CN(Cc4ccccc4)CCCO3)c2)o1. The maximum atomic E-state index is 12.8. The van der Waals surface area contributed by atoms with E-state index in [0.717, 1.165) is 26.1 Å².